The summed E-state index contributed by atoms with van der Waals surface area (Å²) in [6.45, 7) is 7.85. The van der Waals surface area contributed by atoms with Crippen LogP contribution in [0.3, 0.4) is 0 Å². The number of nitrogens with zero attached hydrogens (tertiary/aromatic N) is 1. The van der Waals surface area contributed by atoms with Crippen LogP contribution in [0.1, 0.15) is 31.7 Å². The second-order valence-electron chi connectivity index (χ2n) is 5.92. The number of benzene rings is 1. The molecule has 4 heteroatoms. The van der Waals surface area contributed by atoms with E-state index in [0.717, 1.165) is 31.3 Å². The molecule has 1 aliphatic rings. The zero-order valence-corrected chi connectivity index (χ0v) is 14.0. The van der Waals surface area contributed by atoms with E-state index in [-0.39, 0.29) is 0 Å². The molecule has 1 aromatic rings. The Hall–Kier alpha value is -0.770. The van der Waals surface area contributed by atoms with Gasteiger partial charge in [0.05, 0.1) is 12.1 Å². The van der Waals surface area contributed by atoms with Crippen LogP contribution >= 0.6 is 11.6 Å². The lowest BCUT2D eigenvalue weighted by molar-refractivity contribution is 0.201. The van der Waals surface area contributed by atoms with Crippen molar-refractivity contribution in [3.8, 4) is 5.75 Å². The molecule has 21 heavy (non-hydrogen) atoms. The molecule has 1 aromatic carbocycles. The minimum Gasteiger partial charge on any atom is -0.495 e. The van der Waals surface area contributed by atoms with Crippen molar-refractivity contribution < 1.29 is 4.74 Å². The molecular weight excluding hydrogens is 284 g/mol. The number of piperidine rings is 1. The minimum atomic E-state index is 0.700. The van der Waals surface area contributed by atoms with Crippen LogP contribution in [0.2, 0.25) is 5.02 Å². The Bertz CT molecular complexity index is 433. The molecule has 2 rings (SSSR count). The van der Waals surface area contributed by atoms with E-state index in [9.17, 15) is 0 Å². The molecule has 1 saturated heterocycles. The van der Waals surface area contributed by atoms with Crippen molar-refractivity contribution in [1.29, 1.82) is 0 Å². The molecule has 0 saturated carbocycles. The van der Waals surface area contributed by atoms with Crippen molar-refractivity contribution >= 4 is 11.6 Å². The Morgan fingerprint density at radius 1 is 1.43 bits per heavy atom. The Morgan fingerprint density at radius 2 is 2.29 bits per heavy atom. The number of rotatable bonds is 7. The van der Waals surface area contributed by atoms with Gasteiger partial charge in [0.2, 0.25) is 0 Å². The summed E-state index contributed by atoms with van der Waals surface area (Å²) in [7, 11) is 1.65. The van der Waals surface area contributed by atoms with Crippen LogP contribution in [0.4, 0.5) is 0 Å². The number of hydrogen-bond acceptors (Lipinski definition) is 3. The van der Waals surface area contributed by atoms with E-state index in [1.54, 1.807) is 7.11 Å². The molecule has 1 atom stereocenters. The summed E-state index contributed by atoms with van der Waals surface area (Å²) in [5, 5.41) is 4.21. The lowest BCUT2D eigenvalue weighted by Crippen LogP contribution is -2.38. The third-order valence-electron chi connectivity index (χ3n) is 4.08. The van der Waals surface area contributed by atoms with Crippen molar-refractivity contribution in [3.63, 3.8) is 0 Å². The summed E-state index contributed by atoms with van der Waals surface area (Å²) >= 11 is 6.23. The molecule has 0 spiro atoms. The third kappa shape index (κ3) is 5.17. The van der Waals surface area contributed by atoms with Gasteiger partial charge in [-0.15, -0.1) is 0 Å². The van der Waals surface area contributed by atoms with E-state index in [4.69, 9.17) is 16.3 Å². The van der Waals surface area contributed by atoms with Crippen molar-refractivity contribution in [3.05, 3.63) is 28.8 Å². The fraction of sp³-hybridized carbons (Fsp3) is 0.647. The largest absolute Gasteiger partial charge is 0.495 e. The number of methoxy groups -OCH3 is 1. The highest BCUT2D eigenvalue weighted by atomic mass is 35.5. The molecule has 1 heterocycles. The summed E-state index contributed by atoms with van der Waals surface area (Å²) in [6.07, 6.45) is 3.83. The SMILES string of the molecule is CCCN(Cc1ccc(OC)c(Cl)c1)CC1CCCNC1. The zero-order chi connectivity index (χ0) is 15.1. The predicted octanol–water partition coefficient (Wildman–Crippen LogP) is 3.56. The molecule has 1 fully saturated rings. The summed E-state index contributed by atoms with van der Waals surface area (Å²) in [6, 6.07) is 6.11. The Kier molecular flexibility index (Phi) is 6.81. The normalized spacial score (nSPS) is 19.0. The molecule has 0 amide bonds. The minimum absolute atomic E-state index is 0.700. The average Bonchev–Trinajstić information content (AvgIpc) is 2.49. The van der Waals surface area contributed by atoms with Gasteiger partial charge in [-0.3, -0.25) is 4.90 Å². The van der Waals surface area contributed by atoms with E-state index < -0.39 is 0 Å². The summed E-state index contributed by atoms with van der Waals surface area (Å²) < 4.78 is 5.22. The second kappa shape index (κ2) is 8.62. The molecule has 0 bridgehead atoms. The highest BCUT2D eigenvalue weighted by Gasteiger charge is 2.17. The quantitative estimate of drug-likeness (QED) is 0.833. The smallest absolute Gasteiger partial charge is 0.137 e. The first-order valence-corrected chi connectivity index (χ1v) is 8.36. The molecule has 1 aliphatic heterocycles. The summed E-state index contributed by atoms with van der Waals surface area (Å²) in [4.78, 5) is 2.55. The van der Waals surface area contributed by atoms with Crippen molar-refractivity contribution in [1.82, 2.24) is 10.2 Å². The first-order valence-electron chi connectivity index (χ1n) is 7.98. The number of nitrogens with one attached hydrogen (secondary N) is 1. The van der Waals surface area contributed by atoms with E-state index in [1.165, 1.54) is 37.9 Å². The molecule has 1 N–H and O–H groups in total. The molecule has 0 aromatic heterocycles. The molecule has 118 valence electrons. The summed E-state index contributed by atoms with van der Waals surface area (Å²) in [5.41, 5.74) is 1.26. The second-order valence-corrected chi connectivity index (χ2v) is 6.32. The number of halogens is 1. The molecular formula is C17H27ClN2O. The van der Waals surface area contributed by atoms with Gasteiger partial charge >= 0.3 is 0 Å². The van der Waals surface area contributed by atoms with Gasteiger partial charge in [-0.1, -0.05) is 24.6 Å². The Balaban J connectivity index is 1.96. The molecule has 0 aliphatic carbocycles. The van der Waals surface area contributed by atoms with Crippen molar-refractivity contribution in [2.45, 2.75) is 32.7 Å². The number of hydrogen-bond donors (Lipinski definition) is 1. The lowest BCUT2D eigenvalue weighted by atomic mass is 9.98. The van der Waals surface area contributed by atoms with Gasteiger partial charge in [0, 0.05) is 13.1 Å². The maximum Gasteiger partial charge on any atom is 0.137 e. The fourth-order valence-corrected chi connectivity index (χ4v) is 3.34. The number of ether oxygens (including phenoxy) is 1. The van der Waals surface area contributed by atoms with Crippen LogP contribution in [0.5, 0.6) is 5.75 Å². The van der Waals surface area contributed by atoms with Gasteiger partial charge < -0.3 is 10.1 Å². The maximum atomic E-state index is 6.23. The van der Waals surface area contributed by atoms with Crippen molar-refractivity contribution in [2.24, 2.45) is 5.92 Å². The zero-order valence-electron chi connectivity index (χ0n) is 13.2. The molecule has 0 radical (unpaired) electrons. The van der Waals surface area contributed by atoms with Crippen molar-refractivity contribution in [2.75, 3.05) is 33.3 Å². The van der Waals surface area contributed by atoms with Gasteiger partial charge in [0.25, 0.3) is 0 Å². The van der Waals surface area contributed by atoms with Crippen LogP contribution < -0.4 is 10.1 Å². The lowest BCUT2D eigenvalue weighted by Gasteiger charge is -2.30. The predicted molar refractivity (Wildman–Crippen MR) is 89.2 cm³/mol. The van der Waals surface area contributed by atoms with Crippen LogP contribution in [0, 0.1) is 5.92 Å². The fourth-order valence-electron chi connectivity index (χ4n) is 3.06. The summed E-state index contributed by atoms with van der Waals surface area (Å²) in [5.74, 6) is 1.53. The first kappa shape index (κ1) is 16.6. The van der Waals surface area contributed by atoms with E-state index >= 15 is 0 Å². The monoisotopic (exact) mass is 310 g/mol. The van der Waals surface area contributed by atoms with E-state index in [0.29, 0.717) is 5.02 Å². The molecule has 3 nitrogen and oxygen atoms in total. The van der Waals surface area contributed by atoms with Crippen LogP contribution in [-0.4, -0.2) is 38.2 Å². The van der Waals surface area contributed by atoms with E-state index in [2.05, 4.69) is 23.2 Å². The van der Waals surface area contributed by atoms with Gasteiger partial charge in [-0.2, -0.15) is 0 Å². The maximum absolute atomic E-state index is 6.23. The Labute approximate surface area is 133 Å². The van der Waals surface area contributed by atoms with E-state index in [1.807, 2.05) is 12.1 Å². The topological polar surface area (TPSA) is 24.5 Å². The van der Waals surface area contributed by atoms with Crippen LogP contribution in [0.25, 0.3) is 0 Å². The van der Waals surface area contributed by atoms with Gasteiger partial charge in [-0.25, -0.2) is 0 Å². The highest BCUT2D eigenvalue weighted by molar-refractivity contribution is 6.32. The Morgan fingerprint density at radius 3 is 2.90 bits per heavy atom. The average molecular weight is 311 g/mol. The standard InChI is InChI=1S/C17H27ClN2O/c1-3-9-20(13-15-5-4-8-19-11-15)12-14-6-7-17(21-2)16(18)10-14/h6-7,10,15,19H,3-5,8-9,11-13H2,1-2H3. The first-order chi connectivity index (χ1) is 10.2. The molecule has 1 unspecified atom stereocenters. The van der Waals surface area contributed by atoms with Gasteiger partial charge in [0.1, 0.15) is 5.75 Å². The van der Waals surface area contributed by atoms with Gasteiger partial charge in [-0.05, 0) is 62.5 Å². The third-order valence-corrected chi connectivity index (χ3v) is 4.37. The van der Waals surface area contributed by atoms with Crippen LogP contribution in [0.15, 0.2) is 18.2 Å². The van der Waals surface area contributed by atoms with Gasteiger partial charge in [0.15, 0.2) is 0 Å². The highest BCUT2D eigenvalue weighted by Crippen LogP contribution is 2.25. The van der Waals surface area contributed by atoms with Crippen LogP contribution in [-0.2, 0) is 6.54 Å².